The minimum Gasteiger partial charge on any atom is -0.356 e. The number of hydrogen-bond donors (Lipinski definition) is 2. The van der Waals surface area contributed by atoms with E-state index in [2.05, 4.69) is 24.5 Å². The molecule has 0 saturated carbocycles. The van der Waals surface area contributed by atoms with Crippen LogP contribution in [0, 0.1) is 11.3 Å². The van der Waals surface area contributed by atoms with Crippen molar-refractivity contribution in [3.05, 3.63) is 0 Å². The van der Waals surface area contributed by atoms with Crippen molar-refractivity contribution in [2.24, 2.45) is 11.3 Å². The quantitative estimate of drug-likeness (QED) is 0.753. The van der Waals surface area contributed by atoms with Gasteiger partial charge in [0.25, 0.3) is 0 Å². The lowest BCUT2D eigenvalue weighted by Crippen LogP contribution is -2.50. The molecule has 4 nitrogen and oxygen atoms in total. The van der Waals surface area contributed by atoms with Crippen LogP contribution in [-0.4, -0.2) is 24.9 Å². The maximum atomic E-state index is 12.1. The maximum absolute atomic E-state index is 12.1. The summed E-state index contributed by atoms with van der Waals surface area (Å²) in [6.07, 6.45) is 1.80. The average Bonchev–Trinajstić information content (AvgIpc) is 2.25. The normalized spacial score (nSPS) is 25.4. The largest absolute Gasteiger partial charge is 0.356 e. The Morgan fingerprint density at radius 1 is 1.56 bits per heavy atom. The predicted octanol–water partition coefficient (Wildman–Crippen LogP) is 1.06. The topological polar surface area (TPSA) is 58.2 Å². The fourth-order valence-electron chi connectivity index (χ4n) is 2.04. The van der Waals surface area contributed by atoms with Gasteiger partial charge in [0.05, 0.1) is 5.41 Å². The van der Waals surface area contributed by atoms with E-state index in [-0.39, 0.29) is 11.8 Å². The van der Waals surface area contributed by atoms with Gasteiger partial charge in [0.1, 0.15) is 0 Å². The number of rotatable bonds is 4. The van der Waals surface area contributed by atoms with Gasteiger partial charge in [-0.05, 0) is 18.8 Å². The number of carbonyl (C=O) groups excluding carboxylic acids is 2. The fraction of sp³-hybridized carbons (Fsp3) is 0.833. The van der Waals surface area contributed by atoms with Crippen LogP contribution in [0.1, 0.15) is 40.0 Å². The SMILES string of the molecule is CCC1(C(=O)NCC(C)C)CCNC(=O)C1. The van der Waals surface area contributed by atoms with Gasteiger partial charge >= 0.3 is 0 Å². The summed E-state index contributed by atoms with van der Waals surface area (Å²) in [4.78, 5) is 23.5. The standard InChI is InChI=1S/C12H22N2O2/c1-4-12(5-6-13-10(15)7-12)11(16)14-8-9(2)3/h9H,4-8H2,1-3H3,(H,13,15)(H,14,16). The van der Waals surface area contributed by atoms with Crippen LogP contribution in [0.25, 0.3) is 0 Å². The molecule has 0 spiro atoms. The molecule has 2 amide bonds. The molecule has 4 heteroatoms. The summed E-state index contributed by atoms with van der Waals surface area (Å²) >= 11 is 0. The Kier molecular flexibility index (Phi) is 4.33. The highest BCUT2D eigenvalue weighted by atomic mass is 16.2. The first-order valence-electron chi connectivity index (χ1n) is 6.05. The van der Waals surface area contributed by atoms with Crippen molar-refractivity contribution < 1.29 is 9.59 Å². The summed E-state index contributed by atoms with van der Waals surface area (Å²) in [7, 11) is 0. The lowest BCUT2D eigenvalue weighted by molar-refractivity contribution is -0.139. The minimum absolute atomic E-state index is 0.00667. The molecule has 0 aromatic heterocycles. The summed E-state index contributed by atoms with van der Waals surface area (Å²) in [5.74, 6) is 0.474. The highest BCUT2D eigenvalue weighted by molar-refractivity contribution is 5.90. The molecule has 2 N–H and O–H groups in total. The van der Waals surface area contributed by atoms with Gasteiger partial charge in [-0.15, -0.1) is 0 Å². The molecule has 0 aromatic rings. The van der Waals surface area contributed by atoms with Crippen LogP contribution in [0.15, 0.2) is 0 Å². The summed E-state index contributed by atoms with van der Waals surface area (Å²) in [5, 5.41) is 5.72. The first kappa shape index (κ1) is 13.0. The lowest BCUT2D eigenvalue weighted by Gasteiger charge is -2.34. The predicted molar refractivity (Wildman–Crippen MR) is 62.8 cm³/mol. The number of carbonyl (C=O) groups is 2. The minimum atomic E-state index is -0.475. The molecular formula is C12H22N2O2. The van der Waals surface area contributed by atoms with Gasteiger partial charge in [0, 0.05) is 19.5 Å². The Morgan fingerprint density at radius 3 is 2.75 bits per heavy atom. The third-order valence-electron chi connectivity index (χ3n) is 3.25. The van der Waals surface area contributed by atoms with Crippen LogP contribution in [0.4, 0.5) is 0 Å². The number of amides is 2. The van der Waals surface area contributed by atoms with Crippen LogP contribution in [-0.2, 0) is 9.59 Å². The molecule has 1 aliphatic rings. The van der Waals surface area contributed by atoms with E-state index in [9.17, 15) is 9.59 Å². The van der Waals surface area contributed by atoms with Crippen molar-refractivity contribution >= 4 is 11.8 Å². The van der Waals surface area contributed by atoms with E-state index >= 15 is 0 Å². The van der Waals surface area contributed by atoms with Crippen molar-refractivity contribution in [1.29, 1.82) is 0 Å². The Bertz CT molecular complexity index is 276. The van der Waals surface area contributed by atoms with Crippen LogP contribution in [0.3, 0.4) is 0 Å². The monoisotopic (exact) mass is 226 g/mol. The van der Waals surface area contributed by atoms with E-state index < -0.39 is 5.41 Å². The van der Waals surface area contributed by atoms with Crippen molar-refractivity contribution in [2.75, 3.05) is 13.1 Å². The van der Waals surface area contributed by atoms with Gasteiger partial charge in [0.15, 0.2) is 0 Å². The number of nitrogens with one attached hydrogen (secondary N) is 2. The first-order valence-corrected chi connectivity index (χ1v) is 6.05. The third kappa shape index (κ3) is 2.97. The Hall–Kier alpha value is -1.06. The zero-order chi connectivity index (χ0) is 12.2. The smallest absolute Gasteiger partial charge is 0.226 e. The van der Waals surface area contributed by atoms with Crippen molar-refractivity contribution in [2.45, 2.75) is 40.0 Å². The highest BCUT2D eigenvalue weighted by Crippen LogP contribution is 2.33. The molecule has 1 unspecified atom stereocenters. The molecule has 1 aliphatic heterocycles. The molecule has 0 aliphatic carbocycles. The molecule has 1 rings (SSSR count). The molecule has 1 atom stereocenters. The second-order valence-electron chi connectivity index (χ2n) is 5.01. The Morgan fingerprint density at radius 2 is 2.25 bits per heavy atom. The fourth-order valence-corrected chi connectivity index (χ4v) is 2.04. The van der Waals surface area contributed by atoms with Crippen molar-refractivity contribution in [3.8, 4) is 0 Å². The molecule has 0 bridgehead atoms. The molecule has 0 radical (unpaired) electrons. The summed E-state index contributed by atoms with van der Waals surface area (Å²) in [6, 6.07) is 0. The van der Waals surface area contributed by atoms with Gasteiger partial charge in [-0.2, -0.15) is 0 Å². The van der Waals surface area contributed by atoms with Gasteiger partial charge in [0.2, 0.25) is 11.8 Å². The third-order valence-corrected chi connectivity index (χ3v) is 3.25. The van der Waals surface area contributed by atoms with Crippen LogP contribution in [0.5, 0.6) is 0 Å². The summed E-state index contributed by atoms with van der Waals surface area (Å²) in [5.41, 5.74) is -0.475. The van der Waals surface area contributed by atoms with Crippen LogP contribution < -0.4 is 10.6 Å². The van der Waals surface area contributed by atoms with E-state index in [1.54, 1.807) is 0 Å². The highest BCUT2D eigenvalue weighted by Gasteiger charge is 2.40. The second-order valence-corrected chi connectivity index (χ2v) is 5.01. The second kappa shape index (κ2) is 5.32. The van der Waals surface area contributed by atoms with E-state index in [0.29, 0.717) is 25.4 Å². The van der Waals surface area contributed by atoms with Crippen molar-refractivity contribution in [3.63, 3.8) is 0 Å². The molecule has 1 fully saturated rings. The van der Waals surface area contributed by atoms with Crippen LogP contribution >= 0.6 is 0 Å². The first-order chi connectivity index (χ1) is 7.50. The maximum Gasteiger partial charge on any atom is 0.226 e. The average molecular weight is 226 g/mol. The summed E-state index contributed by atoms with van der Waals surface area (Å²) in [6.45, 7) is 7.40. The molecule has 16 heavy (non-hydrogen) atoms. The Balaban J connectivity index is 2.63. The van der Waals surface area contributed by atoms with Crippen LogP contribution in [0.2, 0.25) is 0 Å². The molecular weight excluding hydrogens is 204 g/mol. The molecule has 0 aromatic carbocycles. The van der Waals surface area contributed by atoms with E-state index in [1.165, 1.54) is 0 Å². The van der Waals surface area contributed by atoms with E-state index in [4.69, 9.17) is 0 Å². The lowest BCUT2D eigenvalue weighted by atomic mass is 9.75. The van der Waals surface area contributed by atoms with Crippen molar-refractivity contribution in [1.82, 2.24) is 10.6 Å². The number of hydrogen-bond acceptors (Lipinski definition) is 2. The van der Waals surface area contributed by atoms with Gasteiger partial charge < -0.3 is 10.6 Å². The van der Waals surface area contributed by atoms with E-state index in [0.717, 1.165) is 12.8 Å². The summed E-state index contributed by atoms with van der Waals surface area (Å²) < 4.78 is 0. The molecule has 1 saturated heterocycles. The molecule has 1 heterocycles. The van der Waals surface area contributed by atoms with Gasteiger partial charge in [-0.3, -0.25) is 9.59 Å². The zero-order valence-electron chi connectivity index (χ0n) is 10.4. The van der Waals surface area contributed by atoms with E-state index in [1.807, 2.05) is 6.92 Å². The molecule has 92 valence electrons. The van der Waals surface area contributed by atoms with Gasteiger partial charge in [-0.1, -0.05) is 20.8 Å². The van der Waals surface area contributed by atoms with Gasteiger partial charge in [-0.25, -0.2) is 0 Å². The zero-order valence-corrected chi connectivity index (χ0v) is 10.4. The number of piperidine rings is 1. The Labute approximate surface area is 97.2 Å².